The van der Waals surface area contributed by atoms with E-state index in [2.05, 4.69) is 10.2 Å². The summed E-state index contributed by atoms with van der Waals surface area (Å²) in [5.41, 5.74) is 1.10. The Bertz CT molecular complexity index is 627. The molecule has 0 aliphatic rings. The van der Waals surface area contributed by atoms with Gasteiger partial charge >= 0.3 is 5.97 Å². The van der Waals surface area contributed by atoms with Crippen molar-refractivity contribution in [3.63, 3.8) is 0 Å². The molecular formula is C12H12FN3O2S. The van der Waals surface area contributed by atoms with Crippen LogP contribution < -0.4 is 0 Å². The Hall–Kier alpha value is -1.89. The monoisotopic (exact) mass is 281 g/mol. The highest BCUT2D eigenvalue weighted by Gasteiger charge is 2.15. The number of aryl methyl sites for hydroxylation is 1. The summed E-state index contributed by atoms with van der Waals surface area (Å²) in [6.07, 6.45) is 0. The lowest BCUT2D eigenvalue weighted by Crippen LogP contribution is -2.05. The molecule has 0 saturated heterocycles. The second-order valence-electron chi connectivity index (χ2n) is 3.93. The molecule has 19 heavy (non-hydrogen) atoms. The van der Waals surface area contributed by atoms with Crippen LogP contribution in [-0.4, -0.2) is 31.6 Å². The largest absolute Gasteiger partial charge is 0.481 e. The Labute approximate surface area is 113 Å². The molecule has 0 unspecified atom stereocenters. The van der Waals surface area contributed by atoms with Crippen molar-refractivity contribution in [3.8, 4) is 5.69 Å². The maximum absolute atomic E-state index is 13.6. The van der Waals surface area contributed by atoms with Gasteiger partial charge in [0.25, 0.3) is 0 Å². The first kappa shape index (κ1) is 13.5. The van der Waals surface area contributed by atoms with E-state index in [4.69, 9.17) is 5.11 Å². The fourth-order valence-electron chi connectivity index (χ4n) is 1.68. The van der Waals surface area contributed by atoms with Crippen molar-refractivity contribution in [1.29, 1.82) is 0 Å². The van der Waals surface area contributed by atoms with Crippen LogP contribution in [0.25, 0.3) is 5.69 Å². The Balaban J connectivity index is 2.46. The summed E-state index contributed by atoms with van der Waals surface area (Å²) in [5, 5.41) is 17.0. The number of aliphatic carboxylic acids is 1. The fourth-order valence-corrected chi connectivity index (χ4v) is 2.39. The molecule has 0 saturated carbocycles. The lowest BCUT2D eigenvalue weighted by molar-refractivity contribution is -0.133. The maximum atomic E-state index is 13.6. The topological polar surface area (TPSA) is 68.0 Å². The average Bonchev–Trinajstić information content (AvgIpc) is 2.72. The van der Waals surface area contributed by atoms with E-state index in [0.29, 0.717) is 22.2 Å². The van der Waals surface area contributed by atoms with E-state index in [0.717, 1.165) is 11.8 Å². The summed E-state index contributed by atoms with van der Waals surface area (Å²) in [4.78, 5) is 10.6. The molecule has 1 aromatic heterocycles. The molecule has 100 valence electrons. The summed E-state index contributed by atoms with van der Waals surface area (Å²) >= 11 is 1.05. The van der Waals surface area contributed by atoms with Gasteiger partial charge in [-0.2, -0.15) is 0 Å². The molecule has 5 nitrogen and oxygen atoms in total. The predicted octanol–water partition coefficient (Wildman–Crippen LogP) is 2.20. The van der Waals surface area contributed by atoms with E-state index in [1.54, 1.807) is 30.5 Å². The Morgan fingerprint density at radius 1 is 1.42 bits per heavy atom. The number of carboxylic acid groups (broad SMARTS) is 1. The number of aromatic nitrogens is 3. The van der Waals surface area contributed by atoms with E-state index in [-0.39, 0.29) is 11.6 Å². The quantitative estimate of drug-likeness (QED) is 0.870. The van der Waals surface area contributed by atoms with Gasteiger partial charge in [0.2, 0.25) is 0 Å². The number of hydrogen-bond acceptors (Lipinski definition) is 4. The van der Waals surface area contributed by atoms with Crippen molar-refractivity contribution >= 4 is 17.7 Å². The SMILES string of the molecule is Cc1c(F)cccc1-n1c(C)nnc1SCC(=O)O. The molecule has 0 amide bonds. The number of carboxylic acids is 1. The van der Waals surface area contributed by atoms with Gasteiger partial charge in [0, 0.05) is 5.56 Å². The molecule has 0 radical (unpaired) electrons. The molecule has 1 N–H and O–H groups in total. The number of rotatable bonds is 4. The zero-order valence-electron chi connectivity index (χ0n) is 10.4. The van der Waals surface area contributed by atoms with Crippen LogP contribution >= 0.6 is 11.8 Å². The summed E-state index contributed by atoms with van der Waals surface area (Å²) in [6.45, 7) is 3.40. The van der Waals surface area contributed by atoms with Crippen LogP contribution in [0.1, 0.15) is 11.4 Å². The van der Waals surface area contributed by atoms with Gasteiger partial charge in [0.15, 0.2) is 5.16 Å². The Morgan fingerprint density at radius 2 is 2.16 bits per heavy atom. The van der Waals surface area contributed by atoms with Crippen LogP contribution in [0.5, 0.6) is 0 Å². The predicted molar refractivity (Wildman–Crippen MR) is 69.2 cm³/mol. The summed E-state index contributed by atoms with van der Waals surface area (Å²) < 4.78 is 15.3. The van der Waals surface area contributed by atoms with Crippen molar-refractivity contribution in [3.05, 3.63) is 35.4 Å². The summed E-state index contributed by atoms with van der Waals surface area (Å²) in [5.74, 6) is -0.790. The van der Waals surface area contributed by atoms with Crippen LogP contribution in [0, 0.1) is 19.7 Å². The lowest BCUT2D eigenvalue weighted by atomic mass is 10.2. The van der Waals surface area contributed by atoms with Gasteiger partial charge in [-0.1, -0.05) is 17.8 Å². The third-order valence-electron chi connectivity index (χ3n) is 2.60. The molecular weight excluding hydrogens is 269 g/mol. The maximum Gasteiger partial charge on any atom is 0.313 e. The van der Waals surface area contributed by atoms with Gasteiger partial charge in [-0.05, 0) is 26.0 Å². The van der Waals surface area contributed by atoms with Gasteiger partial charge < -0.3 is 5.11 Å². The number of hydrogen-bond donors (Lipinski definition) is 1. The molecule has 0 fully saturated rings. The minimum Gasteiger partial charge on any atom is -0.481 e. The standard InChI is InChI=1S/C12H12FN3O2S/c1-7-9(13)4-3-5-10(7)16-8(2)14-15-12(16)19-6-11(17)18/h3-5H,6H2,1-2H3,(H,17,18). The minimum atomic E-state index is -0.937. The van der Waals surface area contributed by atoms with Gasteiger partial charge in [0.1, 0.15) is 11.6 Å². The zero-order valence-corrected chi connectivity index (χ0v) is 11.2. The van der Waals surface area contributed by atoms with E-state index in [1.165, 1.54) is 6.07 Å². The van der Waals surface area contributed by atoms with Crippen molar-refractivity contribution in [1.82, 2.24) is 14.8 Å². The van der Waals surface area contributed by atoms with Crippen molar-refractivity contribution < 1.29 is 14.3 Å². The smallest absolute Gasteiger partial charge is 0.313 e. The van der Waals surface area contributed by atoms with Gasteiger partial charge in [-0.15, -0.1) is 10.2 Å². The summed E-state index contributed by atoms with van der Waals surface area (Å²) in [7, 11) is 0. The van der Waals surface area contributed by atoms with Crippen LogP contribution in [-0.2, 0) is 4.79 Å². The van der Waals surface area contributed by atoms with E-state index in [9.17, 15) is 9.18 Å². The average molecular weight is 281 g/mol. The first-order valence-electron chi connectivity index (χ1n) is 5.53. The van der Waals surface area contributed by atoms with E-state index in [1.807, 2.05) is 0 Å². The van der Waals surface area contributed by atoms with E-state index < -0.39 is 5.97 Å². The molecule has 0 atom stereocenters. The molecule has 2 rings (SSSR count). The molecule has 0 bridgehead atoms. The normalized spacial score (nSPS) is 10.7. The first-order chi connectivity index (χ1) is 9.00. The molecule has 0 aliphatic carbocycles. The van der Waals surface area contributed by atoms with Crippen molar-refractivity contribution in [2.45, 2.75) is 19.0 Å². The molecule has 0 spiro atoms. The molecule has 7 heteroatoms. The van der Waals surface area contributed by atoms with Crippen LogP contribution in [0.15, 0.2) is 23.4 Å². The van der Waals surface area contributed by atoms with Gasteiger partial charge in [-0.3, -0.25) is 9.36 Å². The number of carbonyl (C=O) groups is 1. The minimum absolute atomic E-state index is 0.119. The lowest BCUT2D eigenvalue weighted by Gasteiger charge is -2.11. The molecule has 0 aliphatic heterocycles. The molecule has 1 aromatic carbocycles. The number of benzene rings is 1. The Morgan fingerprint density at radius 3 is 2.84 bits per heavy atom. The third-order valence-corrected chi connectivity index (χ3v) is 3.51. The highest BCUT2D eigenvalue weighted by atomic mass is 32.2. The highest BCUT2D eigenvalue weighted by Crippen LogP contribution is 2.24. The van der Waals surface area contributed by atoms with Crippen LogP contribution in [0.2, 0.25) is 0 Å². The molecule has 2 aromatic rings. The van der Waals surface area contributed by atoms with Gasteiger partial charge in [0.05, 0.1) is 11.4 Å². The first-order valence-corrected chi connectivity index (χ1v) is 6.51. The second-order valence-corrected chi connectivity index (χ2v) is 4.87. The molecule has 1 heterocycles. The second kappa shape index (κ2) is 5.40. The van der Waals surface area contributed by atoms with Crippen molar-refractivity contribution in [2.75, 3.05) is 5.75 Å². The fraction of sp³-hybridized carbons (Fsp3) is 0.250. The van der Waals surface area contributed by atoms with Crippen LogP contribution in [0.3, 0.4) is 0 Å². The van der Waals surface area contributed by atoms with Gasteiger partial charge in [-0.25, -0.2) is 4.39 Å². The Kier molecular flexibility index (Phi) is 3.84. The van der Waals surface area contributed by atoms with Crippen molar-refractivity contribution in [2.24, 2.45) is 0 Å². The zero-order chi connectivity index (χ0) is 14.0. The number of thioether (sulfide) groups is 1. The number of nitrogens with zero attached hydrogens (tertiary/aromatic N) is 3. The third kappa shape index (κ3) is 2.76. The summed E-state index contributed by atoms with van der Waals surface area (Å²) in [6, 6.07) is 4.73. The van der Waals surface area contributed by atoms with E-state index >= 15 is 0 Å². The van der Waals surface area contributed by atoms with Crippen LogP contribution in [0.4, 0.5) is 4.39 Å². The highest BCUT2D eigenvalue weighted by molar-refractivity contribution is 7.99. The number of halogens is 1.